The van der Waals surface area contributed by atoms with Gasteiger partial charge in [-0.25, -0.2) is 0 Å². The predicted octanol–water partition coefficient (Wildman–Crippen LogP) is 1.73. The van der Waals surface area contributed by atoms with Gasteiger partial charge in [-0.2, -0.15) is 13.2 Å². The molecule has 0 fully saturated rings. The van der Waals surface area contributed by atoms with Gasteiger partial charge in [0.2, 0.25) is 0 Å². The molecular formula is C8H16F3NO2. The highest BCUT2D eigenvalue weighted by atomic mass is 19.4. The summed E-state index contributed by atoms with van der Waals surface area (Å²) in [5, 5.41) is 1.63. The van der Waals surface area contributed by atoms with Gasteiger partial charge >= 0.3 is 12.1 Å². The summed E-state index contributed by atoms with van der Waals surface area (Å²) in [7, 11) is 1.33. The Labute approximate surface area is 81.6 Å². The average molecular weight is 215 g/mol. The van der Waals surface area contributed by atoms with E-state index in [0.717, 1.165) is 0 Å². The molecule has 0 spiro atoms. The SMILES string of the molecule is CCC.COCCNC(=O)C(F)(F)F. The fraction of sp³-hybridized carbons (Fsp3) is 0.875. The Hall–Kier alpha value is -0.780. The maximum atomic E-state index is 11.4. The van der Waals surface area contributed by atoms with E-state index in [2.05, 4.69) is 18.6 Å². The third kappa shape index (κ3) is 11.2. The molecule has 0 aromatic heterocycles. The summed E-state index contributed by atoms with van der Waals surface area (Å²) in [5.41, 5.74) is 0. The Balaban J connectivity index is 0. The van der Waals surface area contributed by atoms with Crippen molar-refractivity contribution in [2.45, 2.75) is 26.4 Å². The Bertz CT molecular complexity index is 148. The lowest BCUT2D eigenvalue weighted by atomic mass is 10.5. The number of methoxy groups -OCH3 is 1. The van der Waals surface area contributed by atoms with Crippen molar-refractivity contribution >= 4 is 5.91 Å². The van der Waals surface area contributed by atoms with Crippen LogP contribution in [0.4, 0.5) is 13.2 Å². The van der Waals surface area contributed by atoms with E-state index in [1.807, 2.05) is 0 Å². The Morgan fingerprint density at radius 3 is 2.07 bits per heavy atom. The number of nitrogens with one attached hydrogen (secondary N) is 1. The van der Waals surface area contributed by atoms with E-state index in [4.69, 9.17) is 0 Å². The zero-order valence-corrected chi connectivity index (χ0v) is 8.57. The zero-order valence-electron chi connectivity index (χ0n) is 8.57. The molecule has 1 amide bonds. The van der Waals surface area contributed by atoms with Crippen LogP contribution in [0.15, 0.2) is 0 Å². The average Bonchev–Trinajstić information content (AvgIpc) is 2.04. The molecule has 0 aromatic rings. The molecule has 0 radical (unpaired) electrons. The summed E-state index contributed by atoms with van der Waals surface area (Å²) in [4.78, 5) is 10.0. The molecule has 0 saturated carbocycles. The van der Waals surface area contributed by atoms with E-state index in [1.54, 1.807) is 5.32 Å². The van der Waals surface area contributed by atoms with Gasteiger partial charge in [0.25, 0.3) is 0 Å². The highest BCUT2D eigenvalue weighted by Gasteiger charge is 2.38. The number of carbonyl (C=O) groups is 1. The molecule has 86 valence electrons. The number of ether oxygens (including phenoxy) is 1. The van der Waals surface area contributed by atoms with Crippen LogP contribution < -0.4 is 5.32 Å². The molecule has 0 unspecified atom stereocenters. The third-order valence-electron chi connectivity index (χ3n) is 0.849. The molecule has 0 rings (SSSR count). The van der Waals surface area contributed by atoms with Crippen molar-refractivity contribution < 1.29 is 22.7 Å². The van der Waals surface area contributed by atoms with Crippen molar-refractivity contribution in [3.8, 4) is 0 Å². The van der Waals surface area contributed by atoms with Crippen LogP contribution >= 0.6 is 0 Å². The first kappa shape index (κ1) is 15.7. The van der Waals surface area contributed by atoms with Crippen molar-refractivity contribution in [2.75, 3.05) is 20.3 Å². The van der Waals surface area contributed by atoms with Crippen molar-refractivity contribution in [1.29, 1.82) is 0 Å². The second kappa shape index (κ2) is 8.80. The van der Waals surface area contributed by atoms with E-state index >= 15 is 0 Å². The molecule has 14 heavy (non-hydrogen) atoms. The third-order valence-corrected chi connectivity index (χ3v) is 0.849. The van der Waals surface area contributed by atoms with Gasteiger partial charge in [0, 0.05) is 13.7 Å². The normalized spacial score (nSPS) is 10.1. The molecule has 0 heterocycles. The van der Waals surface area contributed by atoms with Gasteiger partial charge in [-0.15, -0.1) is 0 Å². The molecule has 0 aliphatic carbocycles. The van der Waals surface area contributed by atoms with Crippen LogP contribution in [0.25, 0.3) is 0 Å². The topological polar surface area (TPSA) is 38.3 Å². The fourth-order valence-electron chi connectivity index (χ4n) is 0.367. The van der Waals surface area contributed by atoms with Gasteiger partial charge in [-0.1, -0.05) is 20.3 Å². The van der Waals surface area contributed by atoms with Crippen LogP contribution in [0.5, 0.6) is 0 Å². The predicted molar refractivity (Wildman–Crippen MR) is 46.9 cm³/mol. The smallest absolute Gasteiger partial charge is 0.383 e. The fourth-order valence-corrected chi connectivity index (χ4v) is 0.367. The number of alkyl halides is 3. The lowest BCUT2D eigenvalue weighted by Gasteiger charge is -2.06. The van der Waals surface area contributed by atoms with Crippen LogP contribution in [-0.2, 0) is 9.53 Å². The summed E-state index contributed by atoms with van der Waals surface area (Å²) < 4.78 is 38.7. The summed E-state index contributed by atoms with van der Waals surface area (Å²) in [6.07, 6.45) is -3.55. The first-order valence-electron chi connectivity index (χ1n) is 4.24. The van der Waals surface area contributed by atoms with Gasteiger partial charge in [-0.05, 0) is 0 Å². The maximum Gasteiger partial charge on any atom is 0.471 e. The monoisotopic (exact) mass is 215 g/mol. The van der Waals surface area contributed by atoms with Gasteiger partial charge in [0.1, 0.15) is 0 Å². The van der Waals surface area contributed by atoms with Crippen molar-refractivity contribution in [1.82, 2.24) is 5.32 Å². The maximum absolute atomic E-state index is 11.4. The molecule has 3 nitrogen and oxygen atoms in total. The first-order valence-corrected chi connectivity index (χ1v) is 4.24. The number of amides is 1. The lowest BCUT2D eigenvalue weighted by molar-refractivity contribution is -0.173. The van der Waals surface area contributed by atoms with Crippen molar-refractivity contribution in [3.63, 3.8) is 0 Å². The van der Waals surface area contributed by atoms with Crippen molar-refractivity contribution in [2.24, 2.45) is 0 Å². The Morgan fingerprint density at radius 2 is 1.79 bits per heavy atom. The molecule has 0 aliphatic heterocycles. The second-order valence-electron chi connectivity index (χ2n) is 2.45. The van der Waals surface area contributed by atoms with E-state index in [9.17, 15) is 18.0 Å². The first-order chi connectivity index (χ1) is 6.40. The highest BCUT2D eigenvalue weighted by Crippen LogP contribution is 2.13. The minimum absolute atomic E-state index is 0.0713. The van der Waals surface area contributed by atoms with Gasteiger partial charge in [0.05, 0.1) is 6.61 Å². The van der Waals surface area contributed by atoms with Gasteiger partial charge in [-0.3, -0.25) is 4.79 Å². The summed E-state index contributed by atoms with van der Waals surface area (Å²) in [5.74, 6) is -1.94. The minimum atomic E-state index is -4.80. The highest BCUT2D eigenvalue weighted by molar-refractivity contribution is 5.81. The van der Waals surface area contributed by atoms with Crippen LogP contribution in [0.3, 0.4) is 0 Å². The molecular weight excluding hydrogens is 199 g/mol. The van der Waals surface area contributed by atoms with Crippen LogP contribution in [0, 0.1) is 0 Å². The Morgan fingerprint density at radius 1 is 1.36 bits per heavy atom. The molecule has 0 atom stereocenters. The second-order valence-corrected chi connectivity index (χ2v) is 2.45. The van der Waals surface area contributed by atoms with Crippen LogP contribution in [-0.4, -0.2) is 32.3 Å². The minimum Gasteiger partial charge on any atom is -0.383 e. The van der Waals surface area contributed by atoms with Crippen LogP contribution in [0.2, 0.25) is 0 Å². The number of hydrogen-bond donors (Lipinski definition) is 1. The molecule has 6 heteroatoms. The van der Waals surface area contributed by atoms with E-state index in [-0.39, 0.29) is 13.2 Å². The van der Waals surface area contributed by atoms with Gasteiger partial charge < -0.3 is 10.1 Å². The number of rotatable bonds is 3. The van der Waals surface area contributed by atoms with Crippen molar-refractivity contribution in [3.05, 3.63) is 0 Å². The molecule has 0 saturated heterocycles. The summed E-state index contributed by atoms with van der Waals surface area (Å²) >= 11 is 0. The number of carbonyl (C=O) groups excluding carboxylic acids is 1. The van der Waals surface area contributed by atoms with E-state index < -0.39 is 12.1 Å². The Kier molecular flexibility index (Phi) is 9.86. The van der Waals surface area contributed by atoms with Gasteiger partial charge in [0.15, 0.2) is 0 Å². The largest absolute Gasteiger partial charge is 0.471 e. The quantitative estimate of drug-likeness (QED) is 0.728. The van der Waals surface area contributed by atoms with E-state index in [1.165, 1.54) is 13.5 Å². The molecule has 0 aliphatic rings. The van der Waals surface area contributed by atoms with E-state index in [0.29, 0.717) is 0 Å². The zero-order chi connectivity index (χ0) is 11.6. The molecule has 0 bridgehead atoms. The summed E-state index contributed by atoms with van der Waals surface area (Å²) in [6.45, 7) is 4.19. The number of hydrogen-bond acceptors (Lipinski definition) is 2. The standard InChI is InChI=1S/C5H8F3NO2.C3H8/c1-11-3-2-9-4(10)5(6,7)8;1-3-2/h2-3H2,1H3,(H,9,10);3H2,1-2H3. The molecule has 0 aromatic carbocycles. The van der Waals surface area contributed by atoms with Crippen LogP contribution in [0.1, 0.15) is 20.3 Å². The summed E-state index contributed by atoms with van der Waals surface area (Å²) in [6, 6.07) is 0. The molecule has 1 N–H and O–H groups in total. The number of halogens is 3. The lowest BCUT2D eigenvalue weighted by Crippen LogP contribution is -2.38.